The molecule has 2 aromatic rings. The van der Waals surface area contributed by atoms with Gasteiger partial charge in [0.15, 0.2) is 5.82 Å². The van der Waals surface area contributed by atoms with Crippen LogP contribution in [0.25, 0.3) is 12.2 Å². The van der Waals surface area contributed by atoms with Crippen LogP contribution in [-0.2, 0) is 18.9 Å². The molecule has 0 spiro atoms. The van der Waals surface area contributed by atoms with Gasteiger partial charge in [0, 0.05) is 26.2 Å². The number of aromatic nitrogens is 2. The van der Waals surface area contributed by atoms with Gasteiger partial charge in [-0.1, -0.05) is 11.2 Å². The van der Waals surface area contributed by atoms with Gasteiger partial charge < -0.3 is 9.42 Å². The largest absolute Gasteiger partial charge is 0.416 e. The van der Waals surface area contributed by atoms with Crippen molar-refractivity contribution in [3.8, 4) is 0 Å². The molecule has 2 heterocycles. The van der Waals surface area contributed by atoms with E-state index in [0.717, 1.165) is 32.3 Å². The van der Waals surface area contributed by atoms with Crippen molar-refractivity contribution in [1.29, 1.82) is 0 Å². The quantitative estimate of drug-likeness (QED) is 0.700. The molecule has 0 atom stereocenters. The molecule has 1 aliphatic rings. The van der Waals surface area contributed by atoms with Gasteiger partial charge >= 0.3 is 12.4 Å². The summed E-state index contributed by atoms with van der Waals surface area (Å²) in [5, 5.41) is 3.70. The summed E-state index contributed by atoms with van der Waals surface area (Å²) in [6, 6.07) is 1.35. The molecule has 11 heteroatoms. The fourth-order valence-corrected chi connectivity index (χ4v) is 2.84. The average Bonchev–Trinajstić information content (AvgIpc) is 3.08. The van der Waals surface area contributed by atoms with E-state index in [9.17, 15) is 26.3 Å². The van der Waals surface area contributed by atoms with Gasteiger partial charge in [0.2, 0.25) is 5.89 Å². The minimum atomic E-state index is -4.90. The highest BCUT2D eigenvalue weighted by molar-refractivity contribution is 5.67. The van der Waals surface area contributed by atoms with Gasteiger partial charge in [-0.05, 0) is 36.9 Å². The van der Waals surface area contributed by atoms with Crippen molar-refractivity contribution in [2.24, 2.45) is 0 Å². The SMILES string of the molecule is CN1CCN(Cc2nc(C=Cc3cc(C(F)(F)F)cc(C(F)(F)F)c3)no2)CC1. The van der Waals surface area contributed by atoms with Crippen LogP contribution in [0.2, 0.25) is 0 Å². The van der Waals surface area contributed by atoms with Crippen LogP contribution >= 0.6 is 0 Å². The number of alkyl halides is 6. The van der Waals surface area contributed by atoms with Crippen LogP contribution in [0.15, 0.2) is 22.7 Å². The first-order chi connectivity index (χ1) is 13.5. The predicted octanol–water partition coefficient (Wildman–Crippen LogP) is 4.03. The zero-order valence-electron chi connectivity index (χ0n) is 15.4. The Morgan fingerprint density at radius 1 is 0.931 bits per heavy atom. The number of rotatable bonds is 4. The number of nitrogens with zero attached hydrogens (tertiary/aromatic N) is 4. The van der Waals surface area contributed by atoms with Gasteiger partial charge in [0.25, 0.3) is 0 Å². The van der Waals surface area contributed by atoms with E-state index in [0.29, 0.717) is 24.6 Å². The molecular weight excluding hydrogens is 402 g/mol. The number of hydrogen-bond acceptors (Lipinski definition) is 5. The molecule has 0 N–H and O–H groups in total. The van der Waals surface area contributed by atoms with Crippen LogP contribution in [0.1, 0.15) is 28.4 Å². The molecule has 1 aromatic carbocycles. The average molecular weight is 420 g/mol. The van der Waals surface area contributed by atoms with E-state index in [1.165, 1.54) is 6.08 Å². The lowest BCUT2D eigenvalue weighted by molar-refractivity contribution is -0.143. The maximum atomic E-state index is 12.9. The summed E-state index contributed by atoms with van der Waals surface area (Å²) < 4.78 is 82.6. The molecule has 0 bridgehead atoms. The third kappa shape index (κ3) is 5.80. The Morgan fingerprint density at radius 2 is 1.52 bits per heavy atom. The first-order valence-electron chi connectivity index (χ1n) is 8.72. The van der Waals surface area contributed by atoms with E-state index in [4.69, 9.17) is 4.52 Å². The normalized spacial score (nSPS) is 17.3. The van der Waals surface area contributed by atoms with Gasteiger partial charge in [-0.25, -0.2) is 0 Å². The number of benzene rings is 1. The smallest absolute Gasteiger partial charge is 0.338 e. The van der Waals surface area contributed by atoms with E-state index in [-0.39, 0.29) is 17.5 Å². The van der Waals surface area contributed by atoms with Crippen molar-refractivity contribution < 1.29 is 30.9 Å². The Morgan fingerprint density at radius 3 is 2.07 bits per heavy atom. The molecule has 1 fully saturated rings. The van der Waals surface area contributed by atoms with Crippen LogP contribution < -0.4 is 0 Å². The standard InChI is InChI=1S/C18H18F6N4O/c1-27-4-6-28(7-5-27)11-16-25-15(26-29-16)3-2-12-8-13(17(19,20)21)10-14(9-12)18(22,23)24/h2-3,8-10H,4-7,11H2,1H3. The number of likely N-dealkylation sites (N-methyl/N-ethyl adjacent to an activating group) is 1. The van der Waals surface area contributed by atoms with Crippen LogP contribution in [0.5, 0.6) is 0 Å². The lowest BCUT2D eigenvalue weighted by Gasteiger charge is -2.31. The molecule has 0 aliphatic carbocycles. The van der Waals surface area contributed by atoms with Crippen LogP contribution in [0.3, 0.4) is 0 Å². The summed E-state index contributed by atoms with van der Waals surface area (Å²) in [6.45, 7) is 3.88. The van der Waals surface area contributed by atoms with Gasteiger partial charge in [0.1, 0.15) is 0 Å². The van der Waals surface area contributed by atoms with E-state index in [1.54, 1.807) is 0 Å². The zero-order valence-corrected chi connectivity index (χ0v) is 15.4. The molecule has 1 saturated heterocycles. The summed E-state index contributed by atoms with van der Waals surface area (Å²) in [7, 11) is 2.02. The number of hydrogen-bond donors (Lipinski definition) is 0. The van der Waals surface area contributed by atoms with Gasteiger partial charge in [-0.15, -0.1) is 0 Å². The molecule has 0 unspecified atom stereocenters. The van der Waals surface area contributed by atoms with Gasteiger partial charge in [0.05, 0.1) is 17.7 Å². The molecule has 5 nitrogen and oxygen atoms in total. The number of halogens is 6. The summed E-state index contributed by atoms with van der Waals surface area (Å²) in [5.41, 5.74) is -3.02. The monoisotopic (exact) mass is 420 g/mol. The zero-order chi connectivity index (χ0) is 21.2. The van der Waals surface area contributed by atoms with Crippen molar-refractivity contribution in [3.05, 3.63) is 46.6 Å². The Balaban J connectivity index is 1.75. The second-order valence-corrected chi connectivity index (χ2v) is 6.80. The fraction of sp³-hybridized carbons (Fsp3) is 0.444. The van der Waals surface area contributed by atoms with Crippen molar-refractivity contribution in [2.75, 3.05) is 33.2 Å². The minimum Gasteiger partial charge on any atom is -0.338 e. The summed E-state index contributed by atoms with van der Waals surface area (Å²) >= 11 is 0. The van der Waals surface area contributed by atoms with Crippen molar-refractivity contribution in [1.82, 2.24) is 19.9 Å². The topological polar surface area (TPSA) is 45.4 Å². The highest BCUT2D eigenvalue weighted by atomic mass is 19.4. The molecule has 1 aromatic heterocycles. The second kappa shape index (κ2) is 8.15. The third-order valence-electron chi connectivity index (χ3n) is 4.47. The molecule has 3 rings (SSSR count). The predicted molar refractivity (Wildman–Crippen MR) is 92.4 cm³/mol. The van der Waals surface area contributed by atoms with Crippen molar-refractivity contribution in [2.45, 2.75) is 18.9 Å². The first-order valence-corrected chi connectivity index (χ1v) is 8.72. The molecule has 29 heavy (non-hydrogen) atoms. The molecule has 0 saturated carbocycles. The fourth-order valence-electron chi connectivity index (χ4n) is 2.84. The molecule has 1 aliphatic heterocycles. The summed E-state index contributed by atoms with van der Waals surface area (Å²) in [6.07, 6.45) is -7.49. The summed E-state index contributed by atoms with van der Waals surface area (Å²) in [5.74, 6) is 0.398. The molecule has 0 amide bonds. The Labute approximate surface area is 162 Å². The highest BCUT2D eigenvalue weighted by Crippen LogP contribution is 2.36. The first kappa shape index (κ1) is 21.3. The van der Waals surface area contributed by atoms with E-state index in [2.05, 4.69) is 19.9 Å². The van der Waals surface area contributed by atoms with Crippen LogP contribution in [0.4, 0.5) is 26.3 Å². The van der Waals surface area contributed by atoms with Crippen LogP contribution in [-0.4, -0.2) is 53.2 Å². The Kier molecular flexibility index (Phi) is 5.99. The maximum absolute atomic E-state index is 12.9. The van der Waals surface area contributed by atoms with Gasteiger partial charge in [-0.2, -0.15) is 31.3 Å². The minimum absolute atomic E-state index is 0.0695. The molecule has 158 valence electrons. The Hall–Kier alpha value is -2.40. The highest BCUT2D eigenvalue weighted by Gasteiger charge is 2.36. The second-order valence-electron chi connectivity index (χ2n) is 6.80. The molecule has 0 radical (unpaired) electrons. The van der Waals surface area contributed by atoms with Crippen molar-refractivity contribution >= 4 is 12.2 Å². The third-order valence-corrected chi connectivity index (χ3v) is 4.47. The lowest BCUT2D eigenvalue weighted by Crippen LogP contribution is -2.43. The van der Waals surface area contributed by atoms with E-state index < -0.39 is 23.5 Å². The van der Waals surface area contributed by atoms with Crippen molar-refractivity contribution in [3.63, 3.8) is 0 Å². The van der Waals surface area contributed by atoms with Crippen LogP contribution in [0, 0.1) is 0 Å². The Bertz CT molecular complexity index is 834. The van der Waals surface area contributed by atoms with E-state index in [1.807, 2.05) is 7.05 Å². The molecular formula is C18H18F6N4O. The van der Waals surface area contributed by atoms with E-state index >= 15 is 0 Å². The summed E-state index contributed by atoms with van der Waals surface area (Å²) in [4.78, 5) is 8.41. The maximum Gasteiger partial charge on any atom is 0.416 e. The van der Waals surface area contributed by atoms with Gasteiger partial charge in [-0.3, -0.25) is 4.90 Å². The number of piperazine rings is 1. The lowest BCUT2D eigenvalue weighted by atomic mass is 10.0.